The molecule has 0 aliphatic heterocycles. The first-order valence-electron chi connectivity index (χ1n) is 6.67. The molecular formula is C15H26N2O. The molecule has 102 valence electrons. The topological polar surface area (TPSA) is 26.9 Å². The normalized spacial score (nSPS) is 11.4. The summed E-state index contributed by atoms with van der Waals surface area (Å²) in [4.78, 5) is 12.6. The van der Waals surface area contributed by atoms with E-state index in [0.717, 1.165) is 10.7 Å². The van der Waals surface area contributed by atoms with Gasteiger partial charge < -0.3 is 0 Å². The van der Waals surface area contributed by atoms with Crippen molar-refractivity contribution in [3.05, 3.63) is 21.2 Å². The van der Waals surface area contributed by atoms with E-state index in [2.05, 4.69) is 55.4 Å². The maximum Gasteiger partial charge on any atom is 0.329 e. The average molecular weight is 250 g/mol. The van der Waals surface area contributed by atoms with E-state index in [0.29, 0.717) is 0 Å². The summed E-state index contributed by atoms with van der Waals surface area (Å²) in [6.45, 7) is 16.5. The predicted octanol–water partition coefficient (Wildman–Crippen LogP) is 2.19. The second-order valence-corrected chi connectivity index (χ2v) is 5.91. The van der Waals surface area contributed by atoms with Crippen molar-refractivity contribution in [2.45, 2.75) is 67.5 Å². The van der Waals surface area contributed by atoms with Crippen LogP contribution < -0.4 is 16.4 Å². The van der Waals surface area contributed by atoms with E-state index in [1.807, 2.05) is 9.13 Å². The number of rotatable bonds is 2. The van der Waals surface area contributed by atoms with Crippen molar-refractivity contribution < 1.29 is 0 Å². The van der Waals surface area contributed by atoms with Gasteiger partial charge in [0.05, 0.1) is 10.7 Å². The van der Waals surface area contributed by atoms with E-state index in [4.69, 9.17) is 0 Å². The van der Waals surface area contributed by atoms with Crippen LogP contribution in [0.15, 0.2) is 4.79 Å². The molecule has 1 heterocycles. The predicted molar refractivity (Wildman–Crippen MR) is 78.2 cm³/mol. The molecule has 0 radical (unpaired) electrons. The molecule has 0 saturated heterocycles. The van der Waals surface area contributed by atoms with Crippen LogP contribution in [-0.2, 0) is 0 Å². The minimum atomic E-state index is 0.104. The van der Waals surface area contributed by atoms with Crippen molar-refractivity contribution in [2.24, 2.45) is 0 Å². The van der Waals surface area contributed by atoms with Gasteiger partial charge >= 0.3 is 5.69 Å². The van der Waals surface area contributed by atoms with Gasteiger partial charge in [0, 0.05) is 12.1 Å². The Hall–Kier alpha value is -1.25. The van der Waals surface area contributed by atoms with E-state index >= 15 is 0 Å². The molecule has 0 bridgehead atoms. The van der Waals surface area contributed by atoms with Crippen LogP contribution in [-0.4, -0.2) is 9.13 Å². The van der Waals surface area contributed by atoms with Crippen LogP contribution in [0.25, 0.3) is 11.1 Å². The van der Waals surface area contributed by atoms with E-state index in [1.54, 1.807) is 0 Å². The molecule has 0 unspecified atom stereocenters. The van der Waals surface area contributed by atoms with Gasteiger partial charge in [0.2, 0.25) is 0 Å². The molecular weight excluding hydrogens is 224 g/mol. The van der Waals surface area contributed by atoms with Gasteiger partial charge in [-0.05, 0) is 55.4 Å². The van der Waals surface area contributed by atoms with Crippen molar-refractivity contribution in [1.29, 1.82) is 0 Å². The second-order valence-electron chi connectivity index (χ2n) is 5.91. The molecule has 0 saturated carbocycles. The fourth-order valence-electron chi connectivity index (χ4n) is 2.45. The molecule has 0 spiro atoms. The number of hydrogen-bond acceptors (Lipinski definition) is 1. The van der Waals surface area contributed by atoms with Gasteiger partial charge in [-0.1, -0.05) is 11.1 Å². The smallest absolute Gasteiger partial charge is 0.289 e. The largest absolute Gasteiger partial charge is 0.329 e. The third kappa shape index (κ3) is 2.31. The second kappa shape index (κ2) is 5.17. The molecule has 0 N–H and O–H groups in total. The summed E-state index contributed by atoms with van der Waals surface area (Å²) in [7, 11) is 0. The molecule has 0 fully saturated rings. The molecule has 0 atom stereocenters. The zero-order valence-corrected chi connectivity index (χ0v) is 13.0. The Morgan fingerprint density at radius 1 is 0.778 bits per heavy atom. The third-order valence-electron chi connectivity index (χ3n) is 3.10. The lowest BCUT2D eigenvalue weighted by Gasteiger charge is -2.07. The van der Waals surface area contributed by atoms with E-state index < -0.39 is 0 Å². The quantitative estimate of drug-likeness (QED) is 0.790. The van der Waals surface area contributed by atoms with Crippen LogP contribution in [0.2, 0.25) is 0 Å². The molecule has 0 aliphatic rings. The van der Waals surface area contributed by atoms with Crippen LogP contribution >= 0.6 is 0 Å². The Balaban J connectivity index is 4.18. The van der Waals surface area contributed by atoms with Crippen molar-refractivity contribution >= 4 is 11.1 Å². The lowest BCUT2D eigenvalue weighted by Crippen LogP contribution is -2.37. The lowest BCUT2D eigenvalue weighted by molar-refractivity contribution is 0.513. The van der Waals surface area contributed by atoms with E-state index in [9.17, 15) is 4.79 Å². The van der Waals surface area contributed by atoms with Gasteiger partial charge in [-0.3, -0.25) is 9.13 Å². The Morgan fingerprint density at radius 2 is 1.06 bits per heavy atom. The maximum absolute atomic E-state index is 12.6. The Bertz CT molecular complexity index is 552. The zero-order valence-electron chi connectivity index (χ0n) is 13.0. The Kier molecular flexibility index (Phi) is 4.25. The standard InChI is InChI=1S/C15H26N2O/c1-9(2)13-14(10(3)4)17(12(7)8)15(18)16(13)11(5)6/h11-12H,1-8H3. The molecule has 0 amide bonds. The number of aromatic nitrogens is 2. The fourth-order valence-corrected chi connectivity index (χ4v) is 2.45. The summed E-state index contributed by atoms with van der Waals surface area (Å²) < 4.78 is 3.83. The van der Waals surface area contributed by atoms with Gasteiger partial charge in [0.1, 0.15) is 0 Å². The number of imidazole rings is 1. The van der Waals surface area contributed by atoms with Gasteiger partial charge in [0.15, 0.2) is 0 Å². The average Bonchev–Trinajstić information content (AvgIpc) is 2.51. The van der Waals surface area contributed by atoms with Crippen LogP contribution in [0.5, 0.6) is 0 Å². The molecule has 0 aromatic carbocycles. The SMILES string of the molecule is CC(C)=c1c(=C(C)C)n(C(C)C)c(=O)n1C(C)C. The summed E-state index contributed by atoms with van der Waals surface area (Å²) in [5, 5.41) is 2.17. The van der Waals surface area contributed by atoms with Crippen LogP contribution in [0.4, 0.5) is 0 Å². The molecule has 1 aromatic rings. The maximum atomic E-state index is 12.6. The van der Waals surface area contributed by atoms with Crippen LogP contribution in [0, 0.1) is 0 Å². The summed E-state index contributed by atoms with van der Waals surface area (Å²) in [6, 6.07) is 0.362. The molecule has 1 rings (SSSR count). The highest BCUT2D eigenvalue weighted by molar-refractivity contribution is 5.43. The highest BCUT2D eigenvalue weighted by Crippen LogP contribution is 2.01. The van der Waals surface area contributed by atoms with E-state index in [1.165, 1.54) is 11.1 Å². The van der Waals surface area contributed by atoms with Gasteiger partial charge in [0.25, 0.3) is 0 Å². The van der Waals surface area contributed by atoms with Crippen LogP contribution in [0.1, 0.15) is 67.5 Å². The van der Waals surface area contributed by atoms with Crippen molar-refractivity contribution in [3.8, 4) is 0 Å². The Morgan fingerprint density at radius 3 is 1.22 bits per heavy atom. The van der Waals surface area contributed by atoms with Crippen molar-refractivity contribution in [3.63, 3.8) is 0 Å². The summed E-state index contributed by atoms with van der Waals surface area (Å²) in [5.74, 6) is 0. The van der Waals surface area contributed by atoms with Crippen molar-refractivity contribution in [1.82, 2.24) is 9.13 Å². The number of hydrogen-bond donors (Lipinski definition) is 0. The molecule has 18 heavy (non-hydrogen) atoms. The monoisotopic (exact) mass is 250 g/mol. The fraction of sp³-hybridized carbons (Fsp3) is 0.667. The minimum absolute atomic E-state index is 0.104. The highest BCUT2D eigenvalue weighted by Gasteiger charge is 2.15. The lowest BCUT2D eigenvalue weighted by atomic mass is 10.2. The summed E-state index contributed by atoms with van der Waals surface area (Å²) in [6.07, 6.45) is 0. The van der Waals surface area contributed by atoms with Gasteiger partial charge in [-0.25, -0.2) is 4.79 Å². The first-order chi connectivity index (χ1) is 8.20. The molecule has 3 heteroatoms. The summed E-state index contributed by atoms with van der Waals surface area (Å²) in [5.41, 5.74) is 2.49. The third-order valence-corrected chi connectivity index (χ3v) is 3.10. The Labute approximate surface area is 109 Å². The van der Waals surface area contributed by atoms with Gasteiger partial charge in [-0.2, -0.15) is 0 Å². The first kappa shape index (κ1) is 14.8. The first-order valence-corrected chi connectivity index (χ1v) is 6.67. The highest BCUT2D eigenvalue weighted by atomic mass is 16.1. The van der Waals surface area contributed by atoms with Gasteiger partial charge in [-0.15, -0.1) is 0 Å². The number of nitrogens with zero attached hydrogens (tertiary/aromatic N) is 2. The molecule has 1 aromatic heterocycles. The summed E-state index contributed by atoms with van der Waals surface area (Å²) >= 11 is 0. The van der Waals surface area contributed by atoms with Crippen molar-refractivity contribution in [2.75, 3.05) is 0 Å². The van der Waals surface area contributed by atoms with Crippen LogP contribution in [0.3, 0.4) is 0 Å². The molecule has 0 aliphatic carbocycles. The zero-order chi connectivity index (χ0) is 14.2. The minimum Gasteiger partial charge on any atom is -0.289 e. The van der Waals surface area contributed by atoms with E-state index in [-0.39, 0.29) is 17.8 Å². The molecule has 3 nitrogen and oxygen atoms in total.